The van der Waals surface area contributed by atoms with Crippen LogP contribution in [0.4, 0.5) is 0 Å². The number of carbonyl (C=O) groups is 4. The van der Waals surface area contributed by atoms with Crippen molar-refractivity contribution in [3.63, 3.8) is 0 Å². The van der Waals surface area contributed by atoms with Crippen LogP contribution in [-0.4, -0.2) is 46.8 Å². The Balaban J connectivity index is 2.71. The second-order valence-corrected chi connectivity index (χ2v) is 4.46. The summed E-state index contributed by atoms with van der Waals surface area (Å²) in [4.78, 5) is 46.3. The van der Waals surface area contributed by atoms with E-state index < -0.39 is 24.3 Å². The number of carboxylic acids is 1. The molecule has 1 aliphatic rings. The van der Waals surface area contributed by atoms with Gasteiger partial charge in [0.1, 0.15) is 6.54 Å². The predicted octanol–water partition coefficient (Wildman–Crippen LogP) is -0.103. The normalized spacial score (nSPS) is 19.4. The lowest BCUT2D eigenvalue weighted by Crippen LogP contribution is -2.45. The van der Waals surface area contributed by atoms with Crippen molar-refractivity contribution >= 4 is 23.7 Å². The zero-order valence-corrected chi connectivity index (χ0v) is 10.7. The highest BCUT2D eigenvalue weighted by molar-refractivity contribution is 5.99. The smallest absolute Gasteiger partial charge is 0.323 e. The van der Waals surface area contributed by atoms with Crippen molar-refractivity contribution in [3.8, 4) is 0 Å². The van der Waals surface area contributed by atoms with Crippen LogP contribution in [0.2, 0.25) is 0 Å². The van der Waals surface area contributed by atoms with Crippen molar-refractivity contribution in [1.82, 2.24) is 10.2 Å². The van der Waals surface area contributed by atoms with Gasteiger partial charge in [-0.05, 0) is 12.8 Å². The lowest BCUT2D eigenvalue weighted by molar-refractivity contribution is -0.152. The molecule has 1 heterocycles. The van der Waals surface area contributed by atoms with Gasteiger partial charge in [-0.1, -0.05) is 12.8 Å². The minimum absolute atomic E-state index is 0.160. The van der Waals surface area contributed by atoms with E-state index in [0.717, 1.165) is 19.3 Å². The predicted molar refractivity (Wildman–Crippen MR) is 65.1 cm³/mol. The van der Waals surface area contributed by atoms with Crippen LogP contribution in [0.15, 0.2) is 0 Å². The summed E-state index contributed by atoms with van der Waals surface area (Å²) in [5.74, 6) is -2.68. The molecule has 19 heavy (non-hydrogen) atoms. The number of carboxylic acid groups (broad SMARTS) is 1. The van der Waals surface area contributed by atoms with Crippen LogP contribution in [0.3, 0.4) is 0 Å². The first-order valence-corrected chi connectivity index (χ1v) is 6.32. The first-order valence-electron chi connectivity index (χ1n) is 6.32. The first-order chi connectivity index (χ1) is 9.00. The first kappa shape index (κ1) is 15.1. The third-order valence-electron chi connectivity index (χ3n) is 2.88. The fourth-order valence-corrected chi connectivity index (χ4v) is 1.86. The molecule has 1 saturated heterocycles. The molecule has 1 aliphatic heterocycles. The Morgan fingerprint density at radius 2 is 1.68 bits per heavy atom. The molecule has 0 radical (unpaired) electrons. The zero-order chi connectivity index (χ0) is 14.3. The number of rotatable bonds is 2. The molecule has 0 aromatic heterocycles. The Kier molecular flexibility index (Phi) is 5.98. The minimum Gasteiger partial charge on any atom is -0.480 e. The molecule has 0 spiro atoms. The molecule has 0 atom stereocenters. The van der Waals surface area contributed by atoms with Gasteiger partial charge in [0.05, 0.1) is 6.54 Å². The zero-order valence-electron chi connectivity index (χ0n) is 10.7. The van der Waals surface area contributed by atoms with Gasteiger partial charge in [0.25, 0.3) is 0 Å². The highest BCUT2D eigenvalue weighted by Crippen LogP contribution is 2.08. The Morgan fingerprint density at radius 3 is 2.32 bits per heavy atom. The molecule has 7 nitrogen and oxygen atoms in total. The summed E-state index contributed by atoms with van der Waals surface area (Å²) >= 11 is 0. The Bertz CT molecular complexity index is 380. The monoisotopic (exact) mass is 270 g/mol. The van der Waals surface area contributed by atoms with Gasteiger partial charge in [-0.3, -0.25) is 24.1 Å². The highest BCUT2D eigenvalue weighted by Gasteiger charge is 2.24. The molecular weight excluding hydrogens is 252 g/mol. The molecule has 106 valence electrons. The number of nitrogens with one attached hydrogen (secondary N) is 1. The Hall–Kier alpha value is -1.92. The van der Waals surface area contributed by atoms with E-state index in [1.54, 1.807) is 0 Å². The van der Waals surface area contributed by atoms with Gasteiger partial charge in [0.15, 0.2) is 0 Å². The van der Waals surface area contributed by atoms with Crippen LogP contribution in [0.5, 0.6) is 0 Å². The van der Waals surface area contributed by atoms with Crippen molar-refractivity contribution < 1.29 is 24.3 Å². The molecule has 0 saturated carbocycles. The molecule has 0 unspecified atom stereocenters. The average Bonchev–Trinajstić information content (AvgIpc) is 2.35. The maximum Gasteiger partial charge on any atom is 0.323 e. The van der Waals surface area contributed by atoms with E-state index in [0.29, 0.717) is 17.7 Å². The standard InChI is InChI=1S/C12H18N2O5/c15-9-5-3-1-2-4-6-10(16)14(8-12(18)19)11(17)7-13-9/h1-8H2,(H,13,15)(H,18,19). The topological polar surface area (TPSA) is 104 Å². The summed E-state index contributed by atoms with van der Waals surface area (Å²) in [6.07, 6.45) is 3.46. The molecule has 0 aromatic rings. The molecule has 0 bridgehead atoms. The average molecular weight is 270 g/mol. The van der Waals surface area contributed by atoms with Crippen LogP contribution in [0, 0.1) is 0 Å². The van der Waals surface area contributed by atoms with Gasteiger partial charge < -0.3 is 10.4 Å². The maximum absolute atomic E-state index is 11.8. The second-order valence-electron chi connectivity index (χ2n) is 4.46. The fourth-order valence-electron chi connectivity index (χ4n) is 1.86. The minimum atomic E-state index is -1.25. The van der Waals surface area contributed by atoms with Crippen LogP contribution in [0.25, 0.3) is 0 Å². The second kappa shape index (κ2) is 7.50. The summed E-state index contributed by atoms with van der Waals surface area (Å²) in [6, 6.07) is 0. The summed E-state index contributed by atoms with van der Waals surface area (Å²) in [7, 11) is 0. The van der Waals surface area contributed by atoms with Gasteiger partial charge >= 0.3 is 5.97 Å². The van der Waals surface area contributed by atoms with E-state index >= 15 is 0 Å². The van der Waals surface area contributed by atoms with Crippen LogP contribution in [-0.2, 0) is 19.2 Å². The summed E-state index contributed by atoms with van der Waals surface area (Å²) in [5.41, 5.74) is 0. The summed E-state index contributed by atoms with van der Waals surface area (Å²) in [5, 5.41) is 11.1. The van der Waals surface area contributed by atoms with Crippen LogP contribution >= 0.6 is 0 Å². The lowest BCUT2D eigenvalue weighted by atomic mass is 10.1. The quantitative estimate of drug-likeness (QED) is 0.682. The molecule has 3 amide bonds. The van der Waals surface area contributed by atoms with E-state index in [1.807, 2.05) is 0 Å². The third-order valence-corrected chi connectivity index (χ3v) is 2.88. The van der Waals surface area contributed by atoms with Crippen molar-refractivity contribution in [2.45, 2.75) is 38.5 Å². The number of aliphatic carboxylic acids is 1. The van der Waals surface area contributed by atoms with Gasteiger partial charge in [-0.15, -0.1) is 0 Å². The van der Waals surface area contributed by atoms with Crippen molar-refractivity contribution in [2.75, 3.05) is 13.1 Å². The number of nitrogens with zero attached hydrogens (tertiary/aromatic N) is 1. The van der Waals surface area contributed by atoms with E-state index in [9.17, 15) is 19.2 Å². The third kappa shape index (κ3) is 5.50. The maximum atomic E-state index is 11.8. The Labute approximate surface area is 110 Å². The molecule has 2 N–H and O–H groups in total. The molecule has 7 heteroatoms. The van der Waals surface area contributed by atoms with E-state index in [1.165, 1.54) is 0 Å². The van der Waals surface area contributed by atoms with E-state index in [2.05, 4.69) is 5.32 Å². The summed E-state index contributed by atoms with van der Waals surface area (Å²) in [6.45, 7) is -0.995. The SMILES string of the molecule is O=C(O)CN1C(=O)CCCCCCC(=O)NCC1=O. The number of hydrogen-bond acceptors (Lipinski definition) is 4. The molecule has 0 aliphatic carbocycles. The van der Waals surface area contributed by atoms with Gasteiger partial charge in [0.2, 0.25) is 17.7 Å². The number of imide groups is 1. The molecular formula is C12H18N2O5. The van der Waals surface area contributed by atoms with Crippen molar-refractivity contribution in [2.24, 2.45) is 0 Å². The van der Waals surface area contributed by atoms with Crippen LogP contribution in [0.1, 0.15) is 38.5 Å². The number of hydrogen-bond donors (Lipinski definition) is 2. The van der Waals surface area contributed by atoms with E-state index in [4.69, 9.17) is 5.11 Å². The van der Waals surface area contributed by atoms with Gasteiger partial charge in [-0.25, -0.2) is 0 Å². The van der Waals surface area contributed by atoms with Crippen molar-refractivity contribution in [3.05, 3.63) is 0 Å². The van der Waals surface area contributed by atoms with Gasteiger partial charge in [-0.2, -0.15) is 0 Å². The fraction of sp³-hybridized carbons (Fsp3) is 0.667. The largest absolute Gasteiger partial charge is 0.480 e. The van der Waals surface area contributed by atoms with E-state index in [-0.39, 0.29) is 18.9 Å². The number of carbonyl (C=O) groups excluding carboxylic acids is 3. The van der Waals surface area contributed by atoms with Gasteiger partial charge in [0, 0.05) is 12.8 Å². The molecule has 0 aromatic carbocycles. The van der Waals surface area contributed by atoms with Crippen molar-refractivity contribution in [1.29, 1.82) is 0 Å². The highest BCUT2D eigenvalue weighted by atomic mass is 16.4. The summed E-state index contributed by atoms with van der Waals surface area (Å²) < 4.78 is 0. The van der Waals surface area contributed by atoms with Crippen LogP contribution < -0.4 is 5.32 Å². The lowest BCUT2D eigenvalue weighted by Gasteiger charge is -2.19. The molecule has 1 rings (SSSR count). The molecule has 1 fully saturated rings. The Morgan fingerprint density at radius 1 is 1.05 bits per heavy atom. The number of amides is 3.